The van der Waals surface area contributed by atoms with Crippen molar-refractivity contribution < 1.29 is 19.1 Å². The van der Waals surface area contributed by atoms with Crippen LogP contribution in [0.5, 0.6) is 0 Å². The van der Waals surface area contributed by atoms with E-state index in [0.717, 1.165) is 10.4 Å². The highest BCUT2D eigenvalue weighted by molar-refractivity contribution is 7.14. The first-order valence-electron chi connectivity index (χ1n) is 8.96. The highest BCUT2D eigenvalue weighted by Crippen LogP contribution is 2.24. The Bertz CT molecular complexity index is 825. The van der Waals surface area contributed by atoms with E-state index in [1.807, 2.05) is 51.1 Å². The Morgan fingerprint density at radius 2 is 1.74 bits per heavy atom. The Morgan fingerprint density at radius 3 is 2.37 bits per heavy atom. The molecule has 1 atom stereocenters. The maximum absolute atomic E-state index is 12.3. The number of thiophene rings is 1. The van der Waals surface area contributed by atoms with Crippen LogP contribution in [-0.2, 0) is 14.3 Å². The number of carbonyl (C=O) groups is 3. The first-order valence-corrected chi connectivity index (χ1v) is 9.78. The third-order valence-electron chi connectivity index (χ3n) is 4.09. The molecule has 0 fully saturated rings. The Hall–Kier alpha value is -2.47. The Balaban J connectivity index is 1.85. The van der Waals surface area contributed by atoms with E-state index >= 15 is 0 Å². The number of para-hydroxylation sites is 1. The summed E-state index contributed by atoms with van der Waals surface area (Å²) in [6, 6.07) is 11.2. The van der Waals surface area contributed by atoms with Crippen LogP contribution in [0, 0.1) is 6.92 Å². The normalized spacial score (nSPS) is 11.9. The lowest BCUT2D eigenvalue weighted by Gasteiger charge is -2.17. The summed E-state index contributed by atoms with van der Waals surface area (Å²) in [5.41, 5.74) is 1.73. The van der Waals surface area contributed by atoms with Gasteiger partial charge in [-0.2, -0.15) is 0 Å². The summed E-state index contributed by atoms with van der Waals surface area (Å²) in [6.45, 7) is 7.53. The molecule has 2 aromatic rings. The van der Waals surface area contributed by atoms with Gasteiger partial charge in [-0.05, 0) is 43.5 Å². The van der Waals surface area contributed by atoms with Crippen molar-refractivity contribution in [1.82, 2.24) is 0 Å². The molecule has 0 aliphatic heterocycles. The van der Waals surface area contributed by atoms with E-state index < -0.39 is 18.0 Å². The SMILES string of the molecule is Cc1ccc(C(=O)CCC(=O)O[C@H](C)C(=O)Nc2ccccc2C(C)C)s1. The minimum absolute atomic E-state index is 0.0457. The molecule has 0 radical (unpaired) electrons. The van der Waals surface area contributed by atoms with Crippen molar-refractivity contribution in [1.29, 1.82) is 0 Å². The van der Waals surface area contributed by atoms with E-state index in [4.69, 9.17) is 4.74 Å². The van der Waals surface area contributed by atoms with Gasteiger partial charge < -0.3 is 10.1 Å². The maximum Gasteiger partial charge on any atom is 0.307 e. The highest BCUT2D eigenvalue weighted by atomic mass is 32.1. The minimum atomic E-state index is -0.934. The lowest BCUT2D eigenvalue weighted by Crippen LogP contribution is -2.30. The molecule has 1 aromatic heterocycles. The number of Topliss-reactive ketones (excluding diaryl/α,β-unsaturated/α-hetero) is 1. The fourth-order valence-electron chi connectivity index (χ4n) is 2.58. The molecule has 1 amide bonds. The summed E-state index contributed by atoms with van der Waals surface area (Å²) in [7, 11) is 0. The lowest BCUT2D eigenvalue weighted by atomic mass is 10.0. The summed E-state index contributed by atoms with van der Waals surface area (Å²) in [4.78, 5) is 38.0. The van der Waals surface area contributed by atoms with Crippen LogP contribution in [0.15, 0.2) is 36.4 Å². The molecular formula is C21H25NO4S. The zero-order chi connectivity index (χ0) is 20.0. The average Bonchev–Trinajstić information content (AvgIpc) is 3.06. The van der Waals surface area contributed by atoms with Crippen molar-refractivity contribution in [3.63, 3.8) is 0 Å². The molecule has 2 rings (SSSR count). The third kappa shape index (κ3) is 6.03. The number of rotatable bonds is 8. The van der Waals surface area contributed by atoms with Gasteiger partial charge in [-0.3, -0.25) is 14.4 Å². The number of aryl methyl sites for hydroxylation is 1. The number of anilines is 1. The molecule has 1 aromatic carbocycles. The van der Waals surface area contributed by atoms with Gasteiger partial charge in [0, 0.05) is 17.0 Å². The van der Waals surface area contributed by atoms with Crippen molar-refractivity contribution in [3.8, 4) is 0 Å². The number of hydrogen-bond donors (Lipinski definition) is 1. The molecule has 5 nitrogen and oxygen atoms in total. The number of ketones is 1. The van der Waals surface area contributed by atoms with E-state index in [1.54, 1.807) is 6.07 Å². The van der Waals surface area contributed by atoms with Crippen LogP contribution in [0.3, 0.4) is 0 Å². The predicted octanol–water partition coefficient (Wildman–Crippen LogP) is 4.71. The van der Waals surface area contributed by atoms with Gasteiger partial charge in [0.2, 0.25) is 0 Å². The monoisotopic (exact) mass is 387 g/mol. The predicted molar refractivity (Wildman–Crippen MR) is 107 cm³/mol. The number of nitrogens with one attached hydrogen (secondary N) is 1. The number of hydrogen-bond acceptors (Lipinski definition) is 5. The van der Waals surface area contributed by atoms with E-state index in [-0.39, 0.29) is 24.5 Å². The summed E-state index contributed by atoms with van der Waals surface area (Å²) < 4.78 is 5.18. The molecule has 144 valence electrons. The topological polar surface area (TPSA) is 72.5 Å². The molecule has 0 aliphatic carbocycles. The van der Waals surface area contributed by atoms with Crippen molar-refractivity contribution in [2.75, 3.05) is 5.32 Å². The van der Waals surface area contributed by atoms with Crippen LogP contribution in [-0.4, -0.2) is 23.8 Å². The van der Waals surface area contributed by atoms with Crippen LogP contribution in [0.2, 0.25) is 0 Å². The van der Waals surface area contributed by atoms with Crippen molar-refractivity contribution in [2.24, 2.45) is 0 Å². The molecule has 6 heteroatoms. The molecule has 0 saturated carbocycles. The quantitative estimate of drug-likeness (QED) is 0.526. The number of esters is 1. The van der Waals surface area contributed by atoms with E-state index in [0.29, 0.717) is 10.6 Å². The summed E-state index contributed by atoms with van der Waals surface area (Å²) >= 11 is 1.41. The molecule has 0 spiro atoms. The van der Waals surface area contributed by atoms with Crippen molar-refractivity contribution in [3.05, 3.63) is 51.7 Å². The van der Waals surface area contributed by atoms with Gasteiger partial charge in [0.25, 0.3) is 5.91 Å². The fraction of sp³-hybridized carbons (Fsp3) is 0.381. The second-order valence-corrected chi connectivity index (χ2v) is 7.98. The summed E-state index contributed by atoms with van der Waals surface area (Å²) in [5.74, 6) is -0.785. The molecule has 0 bridgehead atoms. The van der Waals surface area contributed by atoms with Crippen LogP contribution in [0.25, 0.3) is 0 Å². The molecule has 0 aliphatic rings. The van der Waals surface area contributed by atoms with Crippen molar-refractivity contribution >= 4 is 34.7 Å². The summed E-state index contributed by atoms with van der Waals surface area (Å²) in [5, 5.41) is 2.81. The van der Waals surface area contributed by atoms with Gasteiger partial charge in [0.1, 0.15) is 0 Å². The van der Waals surface area contributed by atoms with Crippen LogP contribution in [0.1, 0.15) is 59.6 Å². The first kappa shape index (κ1) is 20.8. The van der Waals surface area contributed by atoms with Crippen LogP contribution in [0.4, 0.5) is 5.69 Å². The van der Waals surface area contributed by atoms with Gasteiger partial charge in [0.05, 0.1) is 11.3 Å². The lowest BCUT2D eigenvalue weighted by molar-refractivity contribution is -0.153. The van der Waals surface area contributed by atoms with E-state index in [2.05, 4.69) is 5.32 Å². The number of amides is 1. The van der Waals surface area contributed by atoms with Gasteiger partial charge in [-0.1, -0.05) is 32.0 Å². The minimum Gasteiger partial charge on any atom is -0.453 e. The zero-order valence-electron chi connectivity index (χ0n) is 16.1. The largest absolute Gasteiger partial charge is 0.453 e. The van der Waals surface area contributed by atoms with Gasteiger partial charge in [-0.25, -0.2) is 0 Å². The number of carbonyl (C=O) groups excluding carboxylic acids is 3. The van der Waals surface area contributed by atoms with Gasteiger partial charge >= 0.3 is 5.97 Å². The average molecular weight is 388 g/mol. The first-order chi connectivity index (χ1) is 12.8. The van der Waals surface area contributed by atoms with Crippen LogP contribution < -0.4 is 5.32 Å². The second kappa shape index (κ2) is 9.46. The third-order valence-corrected chi connectivity index (χ3v) is 5.13. The summed E-state index contributed by atoms with van der Waals surface area (Å²) in [6.07, 6.45) is -0.906. The molecule has 1 N–H and O–H groups in total. The maximum atomic E-state index is 12.3. The molecule has 0 unspecified atom stereocenters. The Labute approximate surface area is 163 Å². The molecule has 1 heterocycles. The molecule has 0 saturated heterocycles. The number of ether oxygens (including phenoxy) is 1. The van der Waals surface area contributed by atoms with Crippen LogP contribution >= 0.6 is 11.3 Å². The Kier molecular flexibility index (Phi) is 7.30. The van der Waals surface area contributed by atoms with E-state index in [1.165, 1.54) is 18.3 Å². The molecular weight excluding hydrogens is 362 g/mol. The number of benzene rings is 1. The standard InChI is InChI=1S/C21H25NO4S/c1-13(2)16-7-5-6-8-17(16)22-21(25)15(4)26-20(24)12-10-18(23)19-11-9-14(3)27-19/h5-9,11,13,15H,10,12H2,1-4H3,(H,22,25)/t15-/m1/s1. The zero-order valence-corrected chi connectivity index (χ0v) is 16.9. The smallest absolute Gasteiger partial charge is 0.307 e. The van der Waals surface area contributed by atoms with Gasteiger partial charge in [-0.15, -0.1) is 11.3 Å². The van der Waals surface area contributed by atoms with E-state index in [9.17, 15) is 14.4 Å². The highest BCUT2D eigenvalue weighted by Gasteiger charge is 2.20. The van der Waals surface area contributed by atoms with Gasteiger partial charge in [0.15, 0.2) is 11.9 Å². The Morgan fingerprint density at radius 1 is 1.04 bits per heavy atom. The molecule has 27 heavy (non-hydrogen) atoms. The second-order valence-electron chi connectivity index (χ2n) is 6.70. The van der Waals surface area contributed by atoms with Crippen molar-refractivity contribution in [2.45, 2.75) is 52.6 Å². The fourth-order valence-corrected chi connectivity index (χ4v) is 3.42.